The van der Waals surface area contributed by atoms with Crippen LogP contribution in [-0.4, -0.2) is 27.1 Å². The van der Waals surface area contributed by atoms with Gasteiger partial charge in [0.1, 0.15) is 0 Å². The molecule has 0 unspecified atom stereocenters. The van der Waals surface area contributed by atoms with E-state index in [1.165, 1.54) is 18.3 Å². The summed E-state index contributed by atoms with van der Waals surface area (Å²) in [7, 11) is 0. The summed E-state index contributed by atoms with van der Waals surface area (Å²) in [6, 6.07) is 2.85. The molecule has 6 heteroatoms. The number of amides is 1. The molecule has 0 spiro atoms. The van der Waals surface area contributed by atoms with Crippen LogP contribution >= 0.6 is 31.9 Å². The summed E-state index contributed by atoms with van der Waals surface area (Å²) in [5.41, 5.74) is -0.0821. The third-order valence-corrected chi connectivity index (χ3v) is 4.76. The quantitative estimate of drug-likeness (QED) is 0.784. The Kier molecular flexibility index (Phi) is 5.39. The number of rotatable bonds is 5. The SMILES string of the molecule is CCC(CBr)(CBr)NC(=O)c1ccc(=O)[nH]c1. The third-order valence-electron chi connectivity index (χ3n) is 2.61. The van der Waals surface area contributed by atoms with Crippen molar-refractivity contribution in [2.75, 3.05) is 10.7 Å². The summed E-state index contributed by atoms with van der Waals surface area (Å²) in [5, 5.41) is 4.29. The van der Waals surface area contributed by atoms with Gasteiger partial charge < -0.3 is 10.3 Å². The average molecular weight is 366 g/mol. The highest BCUT2D eigenvalue weighted by atomic mass is 79.9. The van der Waals surface area contributed by atoms with E-state index < -0.39 is 0 Å². The monoisotopic (exact) mass is 364 g/mol. The maximum atomic E-state index is 12.0. The number of alkyl halides is 2. The second-order valence-electron chi connectivity index (χ2n) is 3.80. The number of pyridine rings is 1. The van der Waals surface area contributed by atoms with Crippen molar-refractivity contribution in [2.24, 2.45) is 0 Å². The summed E-state index contributed by atoms with van der Waals surface area (Å²) in [6.45, 7) is 2.01. The Morgan fingerprint density at radius 1 is 1.41 bits per heavy atom. The van der Waals surface area contributed by atoms with Gasteiger partial charge in [-0.1, -0.05) is 38.8 Å². The predicted molar refractivity (Wildman–Crippen MR) is 75.1 cm³/mol. The summed E-state index contributed by atoms with van der Waals surface area (Å²) < 4.78 is 0. The molecule has 1 aromatic heterocycles. The summed E-state index contributed by atoms with van der Waals surface area (Å²) >= 11 is 6.81. The average Bonchev–Trinajstić information content (AvgIpc) is 2.37. The highest BCUT2D eigenvalue weighted by molar-refractivity contribution is 9.09. The van der Waals surface area contributed by atoms with Crippen LogP contribution < -0.4 is 10.9 Å². The minimum Gasteiger partial charge on any atom is -0.345 e. The van der Waals surface area contributed by atoms with Crippen LogP contribution in [0.1, 0.15) is 23.7 Å². The first kappa shape index (κ1) is 14.4. The first-order chi connectivity index (χ1) is 8.06. The molecule has 94 valence electrons. The lowest BCUT2D eigenvalue weighted by Crippen LogP contribution is -2.51. The minimum absolute atomic E-state index is 0.193. The first-order valence-corrected chi connectivity index (χ1v) is 7.44. The number of H-pyrrole nitrogens is 1. The van der Waals surface area contributed by atoms with Crippen LogP contribution in [0, 0.1) is 0 Å². The smallest absolute Gasteiger partial charge is 0.253 e. The predicted octanol–water partition coefficient (Wildman–Crippen LogP) is 2.04. The van der Waals surface area contributed by atoms with Gasteiger partial charge in [0.15, 0.2) is 0 Å². The van der Waals surface area contributed by atoms with Crippen molar-refractivity contribution in [1.82, 2.24) is 10.3 Å². The second kappa shape index (κ2) is 6.35. The third kappa shape index (κ3) is 3.67. The van der Waals surface area contributed by atoms with Crippen LogP contribution in [0.2, 0.25) is 0 Å². The van der Waals surface area contributed by atoms with Crippen molar-refractivity contribution < 1.29 is 4.79 Å². The lowest BCUT2D eigenvalue weighted by atomic mass is 10.0. The summed E-state index contributed by atoms with van der Waals surface area (Å²) in [6.07, 6.45) is 2.22. The van der Waals surface area contributed by atoms with Crippen LogP contribution in [-0.2, 0) is 0 Å². The van der Waals surface area contributed by atoms with Gasteiger partial charge >= 0.3 is 0 Å². The lowest BCUT2D eigenvalue weighted by molar-refractivity contribution is 0.0915. The zero-order valence-electron chi connectivity index (χ0n) is 9.43. The molecule has 0 aliphatic heterocycles. The van der Waals surface area contributed by atoms with Gasteiger partial charge in [-0.05, 0) is 12.5 Å². The molecule has 0 bridgehead atoms. The molecule has 1 heterocycles. The Balaban J connectivity index is 2.84. The number of carbonyl (C=O) groups excluding carboxylic acids is 1. The van der Waals surface area contributed by atoms with Crippen molar-refractivity contribution in [2.45, 2.75) is 18.9 Å². The Morgan fingerprint density at radius 3 is 2.47 bits per heavy atom. The van der Waals surface area contributed by atoms with Gasteiger partial charge in [-0.15, -0.1) is 0 Å². The Hall–Kier alpha value is -0.620. The number of aromatic amines is 1. The van der Waals surface area contributed by atoms with E-state index in [0.29, 0.717) is 16.2 Å². The van der Waals surface area contributed by atoms with Gasteiger partial charge in [0.05, 0.1) is 11.1 Å². The van der Waals surface area contributed by atoms with Gasteiger partial charge in [0.25, 0.3) is 5.91 Å². The molecule has 1 amide bonds. The lowest BCUT2D eigenvalue weighted by Gasteiger charge is -2.29. The molecule has 0 saturated heterocycles. The van der Waals surface area contributed by atoms with E-state index in [-0.39, 0.29) is 17.0 Å². The number of nitrogens with one attached hydrogen (secondary N) is 2. The zero-order valence-corrected chi connectivity index (χ0v) is 12.6. The van der Waals surface area contributed by atoms with E-state index in [9.17, 15) is 9.59 Å². The van der Waals surface area contributed by atoms with E-state index in [1.54, 1.807) is 0 Å². The van der Waals surface area contributed by atoms with E-state index >= 15 is 0 Å². The summed E-state index contributed by atoms with van der Waals surface area (Å²) in [5.74, 6) is -0.193. The first-order valence-electron chi connectivity index (χ1n) is 5.20. The minimum atomic E-state index is -0.312. The van der Waals surface area contributed by atoms with Crippen LogP contribution in [0.4, 0.5) is 0 Å². The molecule has 4 nitrogen and oxygen atoms in total. The van der Waals surface area contributed by atoms with E-state index in [0.717, 1.165) is 6.42 Å². The van der Waals surface area contributed by atoms with Gasteiger partial charge in [-0.25, -0.2) is 0 Å². The van der Waals surface area contributed by atoms with Gasteiger partial charge in [0, 0.05) is 22.9 Å². The van der Waals surface area contributed by atoms with Crippen molar-refractivity contribution in [1.29, 1.82) is 0 Å². The molecule has 0 radical (unpaired) electrons. The van der Waals surface area contributed by atoms with Crippen LogP contribution in [0.3, 0.4) is 0 Å². The van der Waals surface area contributed by atoms with Crippen LogP contribution in [0.15, 0.2) is 23.1 Å². The normalized spacial score (nSPS) is 11.2. The van der Waals surface area contributed by atoms with Crippen LogP contribution in [0.25, 0.3) is 0 Å². The number of hydrogen-bond donors (Lipinski definition) is 2. The Bertz CT molecular complexity index is 413. The van der Waals surface area contributed by atoms with E-state index in [4.69, 9.17) is 0 Å². The maximum Gasteiger partial charge on any atom is 0.253 e. The Morgan fingerprint density at radius 2 is 2.06 bits per heavy atom. The molecule has 0 aliphatic rings. The molecule has 0 fully saturated rings. The van der Waals surface area contributed by atoms with E-state index in [1.807, 2.05) is 6.92 Å². The van der Waals surface area contributed by atoms with E-state index in [2.05, 4.69) is 42.2 Å². The fraction of sp³-hybridized carbons (Fsp3) is 0.455. The zero-order chi connectivity index (χ0) is 12.9. The molecule has 2 N–H and O–H groups in total. The molecule has 0 aromatic carbocycles. The van der Waals surface area contributed by atoms with Crippen molar-refractivity contribution in [3.8, 4) is 0 Å². The largest absolute Gasteiger partial charge is 0.345 e. The fourth-order valence-electron chi connectivity index (χ4n) is 1.24. The molecule has 1 rings (SSSR count). The second-order valence-corrected chi connectivity index (χ2v) is 4.92. The molecular weight excluding hydrogens is 352 g/mol. The van der Waals surface area contributed by atoms with Crippen molar-refractivity contribution >= 4 is 37.8 Å². The van der Waals surface area contributed by atoms with Crippen LogP contribution in [0.5, 0.6) is 0 Å². The molecular formula is C11H14Br2N2O2. The molecule has 1 aromatic rings. The fourth-order valence-corrected chi connectivity index (χ4v) is 3.25. The van der Waals surface area contributed by atoms with Gasteiger partial charge in [-0.3, -0.25) is 9.59 Å². The summed E-state index contributed by atoms with van der Waals surface area (Å²) in [4.78, 5) is 25.3. The number of hydrogen-bond acceptors (Lipinski definition) is 2. The number of aromatic nitrogens is 1. The number of halogens is 2. The Labute approximate surface area is 116 Å². The molecule has 17 heavy (non-hydrogen) atoms. The standard InChI is InChI=1S/C11H14Br2N2O2/c1-2-11(6-12,7-13)15-10(17)8-3-4-9(16)14-5-8/h3-5H,2,6-7H2,1H3,(H,14,16)(H,15,17). The van der Waals surface area contributed by atoms with Gasteiger partial charge in [0.2, 0.25) is 5.56 Å². The number of carbonyl (C=O) groups is 1. The highest BCUT2D eigenvalue weighted by Crippen LogP contribution is 2.17. The van der Waals surface area contributed by atoms with Gasteiger partial charge in [-0.2, -0.15) is 0 Å². The van der Waals surface area contributed by atoms with Crippen molar-refractivity contribution in [3.63, 3.8) is 0 Å². The molecule has 0 aliphatic carbocycles. The highest BCUT2D eigenvalue weighted by Gasteiger charge is 2.27. The van der Waals surface area contributed by atoms with Crippen molar-refractivity contribution in [3.05, 3.63) is 34.2 Å². The topological polar surface area (TPSA) is 62.0 Å². The molecule has 0 saturated carbocycles. The maximum absolute atomic E-state index is 12.0. The molecule has 0 atom stereocenters.